The van der Waals surface area contributed by atoms with Crippen molar-refractivity contribution in [3.05, 3.63) is 94.3 Å². The highest BCUT2D eigenvalue weighted by atomic mass is 19.4. The van der Waals surface area contributed by atoms with Crippen molar-refractivity contribution in [1.29, 1.82) is 0 Å². The zero-order valence-electron chi connectivity index (χ0n) is 25.1. The van der Waals surface area contributed by atoms with Crippen molar-refractivity contribution in [1.82, 2.24) is 0 Å². The molecule has 42 heavy (non-hydrogen) atoms. The first-order chi connectivity index (χ1) is 19.5. The molecule has 0 amide bonds. The number of hydrogen-bond donors (Lipinski definition) is 2. The average Bonchev–Trinajstić information content (AvgIpc) is 2.88. The van der Waals surface area contributed by atoms with Gasteiger partial charge < -0.3 is 10.2 Å². The van der Waals surface area contributed by atoms with Gasteiger partial charge in [-0.05, 0) is 78.5 Å². The quantitative estimate of drug-likeness (QED) is 0.145. The standard InChI is InChI=1S/C34H42F6O2/c1-7-12-22(4)18-23-14-10-17-30(42)31(23)27(29(41)13-8-2)15-11-16-28(32(5,6)9-3)24-19-25(33(35,36)37)21-26(20-24)34(38,39)40/h8,10-11,13-15,17,19-22,28,41-42H,7,9,12,16,18H2,1-6H3/b13-8-,15-11-,29-27-. The number of phenols is 1. The molecule has 0 aliphatic heterocycles. The second-order valence-electron chi connectivity index (χ2n) is 11.6. The van der Waals surface area contributed by atoms with Crippen molar-refractivity contribution >= 4 is 5.57 Å². The van der Waals surface area contributed by atoms with E-state index in [0.29, 0.717) is 29.9 Å². The van der Waals surface area contributed by atoms with Crippen LogP contribution in [0.25, 0.3) is 5.57 Å². The van der Waals surface area contributed by atoms with Crippen LogP contribution in [0.3, 0.4) is 0 Å². The molecule has 232 valence electrons. The zero-order chi connectivity index (χ0) is 31.9. The fourth-order valence-corrected chi connectivity index (χ4v) is 5.24. The predicted octanol–water partition coefficient (Wildman–Crippen LogP) is 11.4. The average molecular weight is 597 g/mol. The number of allylic oxidation sites excluding steroid dienone is 5. The summed E-state index contributed by atoms with van der Waals surface area (Å²) in [4.78, 5) is 0. The normalized spacial score (nSPS) is 15.3. The Bertz CT molecular complexity index is 1250. The molecule has 2 aromatic rings. The molecule has 0 spiro atoms. The van der Waals surface area contributed by atoms with Crippen LogP contribution in [0.4, 0.5) is 26.3 Å². The van der Waals surface area contributed by atoms with E-state index in [0.717, 1.165) is 30.5 Å². The second-order valence-corrected chi connectivity index (χ2v) is 11.6. The molecule has 2 rings (SSSR count). The minimum atomic E-state index is -4.95. The highest BCUT2D eigenvalue weighted by Crippen LogP contribution is 2.45. The molecule has 0 saturated carbocycles. The smallest absolute Gasteiger partial charge is 0.416 e. The van der Waals surface area contributed by atoms with Crippen molar-refractivity contribution in [3.8, 4) is 5.75 Å². The lowest BCUT2D eigenvalue weighted by Gasteiger charge is -2.34. The van der Waals surface area contributed by atoms with Gasteiger partial charge in [0.15, 0.2) is 0 Å². The summed E-state index contributed by atoms with van der Waals surface area (Å²) in [5.74, 6) is -0.557. The Morgan fingerprint density at radius 3 is 2.02 bits per heavy atom. The molecule has 0 bridgehead atoms. The maximum Gasteiger partial charge on any atom is 0.416 e. The Labute approximate surface area is 245 Å². The second kappa shape index (κ2) is 14.3. The molecule has 0 aliphatic rings. The summed E-state index contributed by atoms with van der Waals surface area (Å²) >= 11 is 0. The molecular formula is C34H42F6O2. The number of aliphatic hydroxyl groups excluding tert-OH is 1. The SMILES string of the molecule is C\C=C/C(O)=C(\C=C/CC(c1cc(C(F)(F)F)cc(C(F)(F)F)c1)C(C)(C)CC)c1c(O)cccc1CC(C)CCC. The van der Waals surface area contributed by atoms with Crippen molar-refractivity contribution in [2.75, 3.05) is 0 Å². The van der Waals surface area contributed by atoms with Crippen molar-refractivity contribution < 1.29 is 36.6 Å². The number of phenolic OH excluding ortho intramolecular Hbond substituents is 1. The highest BCUT2D eigenvalue weighted by molar-refractivity contribution is 5.82. The number of benzene rings is 2. The van der Waals surface area contributed by atoms with E-state index < -0.39 is 34.8 Å². The van der Waals surface area contributed by atoms with Crippen LogP contribution in [-0.2, 0) is 18.8 Å². The topological polar surface area (TPSA) is 40.5 Å². The zero-order valence-corrected chi connectivity index (χ0v) is 25.1. The first-order valence-corrected chi connectivity index (χ1v) is 14.3. The molecule has 2 aromatic carbocycles. The minimum Gasteiger partial charge on any atom is -0.507 e. The number of aromatic hydroxyl groups is 1. The van der Waals surface area contributed by atoms with Gasteiger partial charge in [-0.2, -0.15) is 26.3 Å². The molecule has 0 heterocycles. The third kappa shape index (κ3) is 9.17. The van der Waals surface area contributed by atoms with Crippen LogP contribution in [0.1, 0.15) is 101 Å². The summed E-state index contributed by atoms with van der Waals surface area (Å²) in [6, 6.07) is 6.87. The lowest BCUT2D eigenvalue weighted by Crippen LogP contribution is -2.22. The first kappa shape index (κ1) is 35.0. The van der Waals surface area contributed by atoms with Gasteiger partial charge >= 0.3 is 12.4 Å². The molecule has 2 N–H and O–H groups in total. The number of halogens is 6. The third-order valence-electron chi connectivity index (χ3n) is 7.87. The van der Waals surface area contributed by atoms with E-state index in [2.05, 4.69) is 13.8 Å². The molecule has 0 fully saturated rings. The van der Waals surface area contributed by atoms with Gasteiger partial charge in [0, 0.05) is 11.1 Å². The van der Waals surface area contributed by atoms with Gasteiger partial charge in [-0.15, -0.1) is 0 Å². The van der Waals surface area contributed by atoms with Gasteiger partial charge in [-0.3, -0.25) is 0 Å². The Morgan fingerprint density at radius 1 is 0.929 bits per heavy atom. The fraction of sp³-hybridized carbons (Fsp3) is 0.471. The van der Waals surface area contributed by atoms with E-state index in [9.17, 15) is 36.6 Å². The molecule has 0 aliphatic carbocycles. The number of aliphatic hydroxyl groups is 1. The monoisotopic (exact) mass is 596 g/mol. The lowest BCUT2D eigenvalue weighted by atomic mass is 9.71. The maximum atomic E-state index is 13.7. The molecular weight excluding hydrogens is 554 g/mol. The lowest BCUT2D eigenvalue weighted by molar-refractivity contribution is -0.143. The Balaban J connectivity index is 2.68. The van der Waals surface area contributed by atoms with Crippen LogP contribution in [0.2, 0.25) is 0 Å². The van der Waals surface area contributed by atoms with Gasteiger partial charge in [-0.25, -0.2) is 0 Å². The highest BCUT2D eigenvalue weighted by Gasteiger charge is 2.39. The van der Waals surface area contributed by atoms with Crippen LogP contribution < -0.4 is 0 Å². The van der Waals surface area contributed by atoms with Crippen LogP contribution in [0.15, 0.2) is 66.5 Å². The van der Waals surface area contributed by atoms with E-state index in [1.807, 2.05) is 26.8 Å². The summed E-state index contributed by atoms with van der Waals surface area (Å²) < 4.78 is 81.9. The van der Waals surface area contributed by atoms with Gasteiger partial charge in [-0.1, -0.05) is 84.2 Å². The molecule has 0 radical (unpaired) electrons. The van der Waals surface area contributed by atoms with E-state index in [-0.39, 0.29) is 29.6 Å². The fourth-order valence-electron chi connectivity index (χ4n) is 5.24. The van der Waals surface area contributed by atoms with Gasteiger partial charge in [0.05, 0.1) is 11.1 Å². The summed E-state index contributed by atoms with van der Waals surface area (Å²) in [5.41, 5.74) is -1.84. The maximum absolute atomic E-state index is 13.7. The summed E-state index contributed by atoms with van der Waals surface area (Å²) in [6.45, 7) is 11.4. The van der Waals surface area contributed by atoms with E-state index >= 15 is 0 Å². The third-order valence-corrected chi connectivity index (χ3v) is 7.87. The van der Waals surface area contributed by atoms with Crippen LogP contribution in [-0.4, -0.2) is 10.2 Å². The summed E-state index contributed by atoms with van der Waals surface area (Å²) in [5, 5.41) is 21.8. The Hall–Kier alpha value is -3.16. The molecule has 8 heteroatoms. The number of rotatable bonds is 12. The van der Waals surface area contributed by atoms with Crippen molar-refractivity contribution in [2.24, 2.45) is 11.3 Å². The van der Waals surface area contributed by atoms with Crippen LogP contribution in [0.5, 0.6) is 5.75 Å². The van der Waals surface area contributed by atoms with E-state index in [1.54, 1.807) is 31.2 Å². The van der Waals surface area contributed by atoms with Gasteiger partial charge in [0.1, 0.15) is 11.5 Å². The summed E-state index contributed by atoms with van der Waals surface area (Å²) in [6.07, 6.45) is -0.352. The van der Waals surface area contributed by atoms with E-state index in [1.165, 1.54) is 12.1 Å². The van der Waals surface area contributed by atoms with Crippen LogP contribution >= 0.6 is 0 Å². The molecule has 2 nitrogen and oxygen atoms in total. The minimum absolute atomic E-state index is 0.0370. The molecule has 0 saturated heterocycles. The van der Waals surface area contributed by atoms with Crippen molar-refractivity contribution in [2.45, 2.75) is 91.9 Å². The largest absolute Gasteiger partial charge is 0.507 e. The van der Waals surface area contributed by atoms with Gasteiger partial charge in [0.2, 0.25) is 0 Å². The predicted molar refractivity (Wildman–Crippen MR) is 157 cm³/mol. The first-order valence-electron chi connectivity index (χ1n) is 14.3. The Morgan fingerprint density at radius 2 is 1.52 bits per heavy atom. The van der Waals surface area contributed by atoms with Crippen molar-refractivity contribution in [3.63, 3.8) is 0 Å². The summed E-state index contributed by atoms with van der Waals surface area (Å²) in [7, 11) is 0. The van der Waals surface area contributed by atoms with E-state index in [4.69, 9.17) is 0 Å². The molecule has 2 unspecified atom stereocenters. The number of hydrogen-bond acceptors (Lipinski definition) is 2. The van der Waals surface area contributed by atoms with Crippen LogP contribution in [0, 0.1) is 11.3 Å². The Kier molecular flexibility index (Phi) is 12.0. The molecule has 0 aromatic heterocycles. The number of alkyl halides is 6. The molecule has 2 atom stereocenters. The van der Waals surface area contributed by atoms with Gasteiger partial charge in [0.25, 0.3) is 0 Å².